The number of aromatic nitrogens is 1. The Morgan fingerprint density at radius 2 is 2.11 bits per heavy atom. The monoisotopic (exact) mass is 261 g/mol. The first-order valence-electron chi connectivity index (χ1n) is 5.74. The van der Waals surface area contributed by atoms with Gasteiger partial charge in [-0.1, -0.05) is 6.07 Å². The molecule has 19 heavy (non-hydrogen) atoms. The minimum atomic E-state index is -0.593. The number of carbonyl (C=O) groups excluding carboxylic acids is 1. The lowest BCUT2D eigenvalue weighted by Gasteiger charge is -2.08. The third-order valence-electron chi connectivity index (χ3n) is 2.58. The Balaban J connectivity index is 1.98. The fourth-order valence-electron chi connectivity index (χ4n) is 1.61. The van der Waals surface area contributed by atoms with Gasteiger partial charge in [0.05, 0.1) is 6.54 Å². The number of pyridine rings is 1. The molecule has 1 heterocycles. The predicted molar refractivity (Wildman–Crippen MR) is 68.0 cm³/mol. The van der Waals surface area contributed by atoms with Crippen LogP contribution in [0.25, 0.3) is 0 Å². The molecular weight excluding hydrogens is 249 g/mol. The summed E-state index contributed by atoms with van der Waals surface area (Å²) in [6.07, 6.45) is 2.20. The Bertz CT molecular complexity index is 637. The van der Waals surface area contributed by atoms with E-state index in [-0.39, 0.29) is 23.5 Å². The van der Waals surface area contributed by atoms with E-state index in [9.17, 15) is 14.0 Å². The molecule has 0 aliphatic carbocycles. The Labute approximate surface area is 109 Å². The average molecular weight is 261 g/mol. The smallest absolute Gasteiger partial charge is 0.250 e. The lowest BCUT2D eigenvalue weighted by molar-refractivity contribution is 0.112. The Morgan fingerprint density at radius 3 is 2.79 bits per heavy atom. The van der Waals surface area contributed by atoms with Crippen molar-refractivity contribution in [2.75, 3.05) is 6.61 Å². The van der Waals surface area contributed by atoms with Gasteiger partial charge in [0.15, 0.2) is 11.6 Å². The molecule has 0 N–H and O–H groups in total. The molecule has 0 fully saturated rings. The molecule has 0 bridgehead atoms. The fraction of sp³-hybridized carbons (Fsp3) is 0.143. The number of ether oxygens (including phenoxy) is 1. The van der Waals surface area contributed by atoms with Gasteiger partial charge in [0.25, 0.3) is 5.56 Å². The third-order valence-corrected chi connectivity index (χ3v) is 2.58. The summed E-state index contributed by atoms with van der Waals surface area (Å²) in [5, 5.41) is 0. The Kier molecular flexibility index (Phi) is 4.07. The molecular formula is C14H12FNO3. The van der Waals surface area contributed by atoms with E-state index >= 15 is 0 Å². The lowest BCUT2D eigenvalue weighted by Crippen LogP contribution is -2.21. The molecule has 0 atom stereocenters. The lowest BCUT2D eigenvalue weighted by atomic mass is 10.2. The van der Waals surface area contributed by atoms with Crippen molar-refractivity contribution >= 4 is 6.29 Å². The molecule has 0 spiro atoms. The molecule has 2 rings (SSSR count). The molecule has 0 amide bonds. The maximum absolute atomic E-state index is 13.5. The van der Waals surface area contributed by atoms with Crippen molar-refractivity contribution in [1.29, 1.82) is 0 Å². The van der Waals surface area contributed by atoms with E-state index in [1.54, 1.807) is 18.3 Å². The first-order chi connectivity index (χ1) is 9.20. The van der Waals surface area contributed by atoms with E-state index in [1.807, 2.05) is 0 Å². The highest BCUT2D eigenvalue weighted by Gasteiger charge is 2.04. The van der Waals surface area contributed by atoms with Gasteiger partial charge in [0.2, 0.25) is 0 Å². The number of halogens is 1. The summed E-state index contributed by atoms with van der Waals surface area (Å²) in [4.78, 5) is 21.9. The molecule has 4 nitrogen and oxygen atoms in total. The molecule has 0 aliphatic heterocycles. The van der Waals surface area contributed by atoms with E-state index < -0.39 is 5.82 Å². The zero-order valence-corrected chi connectivity index (χ0v) is 10.1. The van der Waals surface area contributed by atoms with Gasteiger partial charge in [-0.05, 0) is 24.3 Å². The number of nitrogens with zero attached hydrogens (tertiary/aromatic N) is 1. The largest absolute Gasteiger partial charge is 0.489 e. The highest BCUT2D eigenvalue weighted by molar-refractivity contribution is 5.74. The fourth-order valence-corrected chi connectivity index (χ4v) is 1.61. The number of hydrogen-bond donors (Lipinski definition) is 0. The van der Waals surface area contributed by atoms with Crippen LogP contribution in [0.4, 0.5) is 4.39 Å². The zero-order chi connectivity index (χ0) is 13.7. The number of carbonyl (C=O) groups is 1. The number of hydrogen-bond acceptors (Lipinski definition) is 3. The van der Waals surface area contributed by atoms with Crippen LogP contribution < -0.4 is 10.3 Å². The van der Waals surface area contributed by atoms with E-state index in [0.717, 1.165) is 6.07 Å². The van der Waals surface area contributed by atoms with Gasteiger partial charge in [-0.2, -0.15) is 0 Å². The van der Waals surface area contributed by atoms with Crippen LogP contribution in [0.2, 0.25) is 0 Å². The summed E-state index contributed by atoms with van der Waals surface area (Å²) in [6.45, 7) is 0.496. The maximum Gasteiger partial charge on any atom is 0.250 e. The van der Waals surface area contributed by atoms with Crippen LogP contribution in [0.15, 0.2) is 47.4 Å². The van der Waals surface area contributed by atoms with Gasteiger partial charge in [-0.15, -0.1) is 0 Å². The van der Waals surface area contributed by atoms with Crippen LogP contribution in [0.5, 0.6) is 5.75 Å². The average Bonchev–Trinajstić information content (AvgIpc) is 2.42. The van der Waals surface area contributed by atoms with Crippen LogP contribution in [0.3, 0.4) is 0 Å². The number of benzene rings is 1. The van der Waals surface area contributed by atoms with Gasteiger partial charge in [0.1, 0.15) is 12.9 Å². The molecule has 0 aliphatic rings. The quantitative estimate of drug-likeness (QED) is 0.772. The first kappa shape index (κ1) is 13.0. The van der Waals surface area contributed by atoms with Crippen LogP contribution in [-0.2, 0) is 6.54 Å². The van der Waals surface area contributed by atoms with E-state index in [0.29, 0.717) is 12.8 Å². The van der Waals surface area contributed by atoms with Gasteiger partial charge in [-0.3, -0.25) is 9.59 Å². The van der Waals surface area contributed by atoms with Gasteiger partial charge in [-0.25, -0.2) is 4.39 Å². The molecule has 1 aromatic heterocycles. The number of rotatable bonds is 5. The highest BCUT2D eigenvalue weighted by Crippen LogP contribution is 2.17. The van der Waals surface area contributed by atoms with Crippen molar-refractivity contribution < 1.29 is 13.9 Å². The second-order valence-corrected chi connectivity index (χ2v) is 3.89. The Morgan fingerprint density at radius 1 is 1.26 bits per heavy atom. The SMILES string of the molecule is O=Cc1ccc(OCCn2ccccc2=O)c(F)c1. The summed E-state index contributed by atoms with van der Waals surface area (Å²) in [5.74, 6) is -0.528. The van der Waals surface area contributed by atoms with Crippen molar-refractivity contribution in [3.63, 3.8) is 0 Å². The summed E-state index contributed by atoms with van der Waals surface area (Å²) in [5.41, 5.74) is 0.118. The second kappa shape index (κ2) is 5.95. The molecule has 2 aromatic rings. The molecule has 0 radical (unpaired) electrons. The predicted octanol–water partition coefficient (Wildman–Crippen LogP) is 1.88. The van der Waals surface area contributed by atoms with Crippen molar-refractivity contribution in [3.05, 3.63) is 64.3 Å². The maximum atomic E-state index is 13.5. The zero-order valence-electron chi connectivity index (χ0n) is 10.1. The molecule has 0 unspecified atom stereocenters. The standard InChI is InChI=1S/C14H12FNO3/c15-12-9-11(10-17)4-5-13(12)19-8-7-16-6-2-1-3-14(16)18/h1-6,9-10H,7-8H2. The molecule has 5 heteroatoms. The van der Waals surface area contributed by atoms with E-state index in [1.165, 1.54) is 22.8 Å². The first-order valence-corrected chi connectivity index (χ1v) is 5.74. The van der Waals surface area contributed by atoms with Gasteiger partial charge < -0.3 is 9.30 Å². The molecule has 0 saturated carbocycles. The van der Waals surface area contributed by atoms with Crippen molar-refractivity contribution in [1.82, 2.24) is 4.57 Å². The Hall–Kier alpha value is -2.43. The summed E-state index contributed by atoms with van der Waals surface area (Å²) < 4.78 is 20.2. The third kappa shape index (κ3) is 3.28. The van der Waals surface area contributed by atoms with Crippen LogP contribution >= 0.6 is 0 Å². The normalized spacial score (nSPS) is 10.2. The van der Waals surface area contributed by atoms with Crippen LogP contribution in [-0.4, -0.2) is 17.5 Å². The minimum absolute atomic E-state index is 0.0644. The summed E-state index contributed by atoms with van der Waals surface area (Å²) >= 11 is 0. The van der Waals surface area contributed by atoms with Crippen molar-refractivity contribution in [3.8, 4) is 5.75 Å². The van der Waals surface area contributed by atoms with E-state index in [2.05, 4.69) is 0 Å². The van der Waals surface area contributed by atoms with Gasteiger partial charge >= 0.3 is 0 Å². The number of aldehydes is 1. The van der Waals surface area contributed by atoms with Gasteiger partial charge in [0, 0.05) is 17.8 Å². The highest BCUT2D eigenvalue weighted by atomic mass is 19.1. The van der Waals surface area contributed by atoms with Crippen LogP contribution in [0, 0.1) is 5.82 Å². The minimum Gasteiger partial charge on any atom is -0.489 e. The molecule has 0 saturated heterocycles. The van der Waals surface area contributed by atoms with Crippen molar-refractivity contribution in [2.24, 2.45) is 0 Å². The molecule has 98 valence electrons. The summed E-state index contributed by atoms with van der Waals surface area (Å²) in [6, 6.07) is 8.81. The molecule has 1 aromatic carbocycles. The topological polar surface area (TPSA) is 48.3 Å². The summed E-state index contributed by atoms with van der Waals surface area (Å²) in [7, 11) is 0. The van der Waals surface area contributed by atoms with Crippen LogP contribution in [0.1, 0.15) is 10.4 Å². The van der Waals surface area contributed by atoms with E-state index in [4.69, 9.17) is 4.74 Å². The second-order valence-electron chi connectivity index (χ2n) is 3.89. The van der Waals surface area contributed by atoms with Crippen molar-refractivity contribution in [2.45, 2.75) is 6.54 Å².